The fraction of sp³-hybridized carbons (Fsp3) is 0.571. The van der Waals surface area contributed by atoms with Crippen LogP contribution in [-0.2, 0) is 43.5 Å². The molecule has 0 aliphatic rings. The third-order valence-corrected chi connectivity index (χ3v) is 10.5. The molecule has 2 aromatic rings. The number of carbonyl (C=O) groups excluding carboxylic acids is 3. The lowest BCUT2D eigenvalue weighted by atomic mass is 10.00. The van der Waals surface area contributed by atoms with Crippen LogP contribution in [0.5, 0.6) is 0 Å². The molecule has 15 heteroatoms. The van der Waals surface area contributed by atoms with E-state index in [4.69, 9.17) is 4.74 Å². The van der Waals surface area contributed by atoms with Crippen LogP contribution in [0.4, 0.5) is 13.6 Å². The number of rotatable bonds is 21. The molecule has 3 atom stereocenters. The second-order valence-corrected chi connectivity index (χ2v) is 14.5. The SMILES string of the molecule is CCCC(CCC)S(=O)(=O)C[C@@H](NC(=O)OCC(=O)N(C)CC)C(=O)N[C@@H](Cc1cc(F)cc(F)c1)[C@H](O)CNCc1cccc(CC)c1.Cl. The Morgan fingerprint density at radius 3 is 2.12 bits per heavy atom. The molecule has 0 radical (unpaired) electrons. The van der Waals surface area contributed by atoms with E-state index in [1.165, 1.54) is 11.9 Å². The zero-order chi connectivity index (χ0) is 36.6. The van der Waals surface area contributed by atoms with Gasteiger partial charge >= 0.3 is 6.09 Å². The molecule has 3 amide bonds. The van der Waals surface area contributed by atoms with Gasteiger partial charge in [0.25, 0.3) is 5.91 Å². The Morgan fingerprint density at radius 1 is 0.920 bits per heavy atom. The highest BCUT2D eigenvalue weighted by Crippen LogP contribution is 2.18. The van der Waals surface area contributed by atoms with Crippen LogP contribution in [-0.4, -0.2) is 92.3 Å². The van der Waals surface area contributed by atoms with Crippen LogP contribution in [0.15, 0.2) is 42.5 Å². The average molecular weight is 747 g/mol. The van der Waals surface area contributed by atoms with E-state index in [9.17, 15) is 36.7 Å². The lowest BCUT2D eigenvalue weighted by Gasteiger charge is -2.28. The lowest BCUT2D eigenvalue weighted by Crippen LogP contribution is -2.57. The standard InChI is InChI=1S/C35H52F2N4O7S.ClH/c1-6-11-29(12-7-2)49(46,47)23-31(40-35(45)48-22-33(43)41(5)9-4)34(44)39-30(18-26-16-27(36)19-28(37)17-26)32(42)21-38-20-25-14-10-13-24(8-3)15-25;/h10,13-17,19,29-32,38,42H,6-9,11-12,18,20-23H2,1-5H3,(H,39,44)(H,40,45);1H/t30-,31+,32+;/m0./s1. The van der Waals surface area contributed by atoms with Crippen molar-refractivity contribution >= 4 is 40.2 Å². The van der Waals surface area contributed by atoms with Gasteiger partial charge in [0.05, 0.1) is 23.1 Å². The summed E-state index contributed by atoms with van der Waals surface area (Å²) in [4.78, 5) is 40.0. The molecule has 0 aliphatic heterocycles. The molecule has 0 bridgehead atoms. The third-order valence-electron chi connectivity index (χ3n) is 8.22. The van der Waals surface area contributed by atoms with Crippen molar-refractivity contribution in [3.8, 4) is 0 Å². The smallest absolute Gasteiger partial charge is 0.408 e. The number of hydrogen-bond donors (Lipinski definition) is 4. The highest BCUT2D eigenvalue weighted by atomic mass is 35.5. The Kier molecular flexibility index (Phi) is 20.1. The number of aliphatic hydroxyl groups is 1. The highest BCUT2D eigenvalue weighted by Gasteiger charge is 2.34. The van der Waals surface area contributed by atoms with Gasteiger partial charge in [-0.2, -0.15) is 0 Å². The van der Waals surface area contributed by atoms with Crippen molar-refractivity contribution in [3.63, 3.8) is 0 Å². The maximum absolute atomic E-state index is 14.1. The predicted molar refractivity (Wildman–Crippen MR) is 192 cm³/mol. The number of aryl methyl sites for hydroxylation is 1. The maximum atomic E-state index is 14.1. The van der Waals surface area contributed by atoms with Gasteiger partial charge in [-0.25, -0.2) is 22.0 Å². The minimum absolute atomic E-state index is 0. The predicted octanol–water partition coefficient (Wildman–Crippen LogP) is 4.08. The molecule has 2 rings (SSSR count). The van der Waals surface area contributed by atoms with Crippen LogP contribution in [0.2, 0.25) is 0 Å². The number of nitrogens with zero attached hydrogens (tertiary/aromatic N) is 1. The number of hydrogen-bond acceptors (Lipinski definition) is 8. The second-order valence-electron chi connectivity index (χ2n) is 12.2. The summed E-state index contributed by atoms with van der Waals surface area (Å²) in [5.74, 6) is -3.93. The molecule has 282 valence electrons. The third kappa shape index (κ3) is 15.3. The van der Waals surface area contributed by atoms with Crippen molar-refractivity contribution in [1.29, 1.82) is 0 Å². The first-order valence-corrected chi connectivity index (χ1v) is 18.5. The molecular weight excluding hydrogens is 694 g/mol. The molecule has 0 unspecified atom stereocenters. The Balaban J connectivity index is 0.0000125. The number of likely N-dealkylation sites (N-methyl/N-ethyl adjacent to an activating group) is 1. The molecule has 0 saturated carbocycles. The van der Waals surface area contributed by atoms with Gasteiger partial charge < -0.3 is 30.7 Å². The topological polar surface area (TPSA) is 154 Å². The molecule has 0 fully saturated rings. The minimum Gasteiger partial charge on any atom is -0.439 e. The largest absolute Gasteiger partial charge is 0.439 e. The summed E-state index contributed by atoms with van der Waals surface area (Å²) >= 11 is 0. The van der Waals surface area contributed by atoms with Gasteiger partial charge in [-0.05, 0) is 61.4 Å². The van der Waals surface area contributed by atoms with Gasteiger partial charge in [-0.1, -0.05) is 57.9 Å². The number of halogens is 3. The van der Waals surface area contributed by atoms with Crippen molar-refractivity contribution in [1.82, 2.24) is 20.9 Å². The summed E-state index contributed by atoms with van der Waals surface area (Å²) in [5, 5.41) is 18.5. The van der Waals surface area contributed by atoms with Crippen molar-refractivity contribution in [2.24, 2.45) is 0 Å². The van der Waals surface area contributed by atoms with E-state index < -0.39 is 75.2 Å². The fourth-order valence-corrected chi connectivity index (χ4v) is 7.47. The monoisotopic (exact) mass is 746 g/mol. The van der Waals surface area contributed by atoms with Crippen molar-refractivity contribution in [2.45, 2.75) is 96.2 Å². The van der Waals surface area contributed by atoms with E-state index in [1.807, 2.05) is 45.0 Å². The van der Waals surface area contributed by atoms with Gasteiger partial charge in [0, 0.05) is 32.7 Å². The lowest BCUT2D eigenvalue weighted by molar-refractivity contribution is -0.132. The number of nitrogens with one attached hydrogen (secondary N) is 3. The average Bonchev–Trinajstić information content (AvgIpc) is 3.05. The van der Waals surface area contributed by atoms with E-state index in [2.05, 4.69) is 16.0 Å². The minimum atomic E-state index is -3.94. The van der Waals surface area contributed by atoms with E-state index in [0.717, 1.165) is 29.7 Å². The summed E-state index contributed by atoms with van der Waals surface area (Å²) in [7, 11) is -2.43. The number of alkyl carbamates (subject to hydrolysis) is 1. The van der Waals surface area contributed by atoms with Gasteiger partial charge in [0.2, 0.25) is 5.91 Å². The number of sulfone groups is 1. The van der Waals surface area contributed by atoms with Crippen molar-refractivity contribution in [3.05, 3.63) is 70.8 Å². The fourth-order valence-electron chi connectivity index (χ4n) is 5.31. The zero-order valence-corrected chi connectivity index (χ0v) is 31.2. The van der Waals surface area contributed by atoms with E-state index in [0.29, 0.717) is 44.8 Å². The van der Waals surface area contributed by atoms with E-state index in [-0.39, 0.29) is 30.9 Å². The van der Waals surface area contributed by atoms with Crippen LogP contribution in [0.1, 0.15) is 70.1 Å². The van der Waals surface area contributed by atoms with Crippen LogP contribution >= 0.6 is 12.4 Å². The van der Waals surface area contributed by atoms with Crippen molar-refractivity contribution in [2.75, 3.05) is 32.5 Å². The summed E-state index contributed by atoms with van der Waals surface area (Å²) in [6, 6.07) is 7.86. The molecule has 11 nitrogen and oxygen atoms in total. The molecule has 0 aromatic heterocycles. The van der Waals surface area contributed by atoms with E-state index in [1.54, 1.807) is 6.92 Å². The van der Waals surface area contributed by atoms with Crippen LogP contribution in [0.3, 0.4) is 0 Å². The Morgan fingerprint density at radius 2 is 1.54 bits per heavy atom. The molecule has 0 spiro atoms. The maximum Gasteiger partial charge on any atom is 0.408 e. The van der Waals surface area contributed by atoms with Gasteiger partial charge in [-0.15, -0.1) is 12.4 Å². The Labute approximate surface area is 301 Å². The van der Waals surface area contributed by atoms with Gasteiger partial charge in [0.15, 0.2) is 16.4 Å². The molecule has 0 heterocycles. The van der Waals surface area contributed by atoms with Gasteiger partial charge in [0.1, 0.15) is 17.7 Å². The highest BCUT2D eigenvalue weighted by molar-refractivity contribution is 7.92. The summed E-state index contributed by atoms with van der Waals surface area (Å²) in [6.45, 7) is 7.53. The Hall–Kier alpha value is -3.33. The summed E-state index contributed by atoms with van der Waals surface area (Å²) in [5.41, 5.74) is 2.23. The second kappa shape index (κ2) is 22.5. The number of benzene rings is 2. The quantitative estimate of drug-likeness (QED) is 0.149. The van der Waals surface area contributed by atoms with E-state index >= 15 is 0 Å². The first-order chi connectivity index (χ1) is 23.2. The first-order valence-electron chi connectivity index (χ1n) is 16.8. The normalized spacial score (nSPS) is 13.1. The van der Waals surface area contributed by atoms with Crippen LogP contribution in [0, 0.1) is 11.6 Å². The number of carbonyl (C=O) groups is 3. The van der Waals surface area contributed by atoms with Crippen molar-refractivity contribution < 1.29 is 41.4 Å². The molecule has 0 aliphatic carbocycles. The molecular formula is C35H53ClF2N4O7S. The van der Waals surface area contributed by atoms with Crippen LogP contribution in [0.25, 0.3) is 0 Å². The number of aliphatic hydroxyl groups excluding tert-OH is 1. The number of amides is 3. The molecule has 4 N–H and O–H groups in total. The first kappa shape index (κ1) is 44.7. The zero-order valence-electron chi connectivity index (χ0n) is 29.5. The molecule has 0 saturated heterocycles. The van der Waals surface area contributed by atoms with Gasteiger partial charge in [-0.3, -0.25) is 9.59 Å². The molecule has 2 aromatic carbocycles. The number of ether oxygens (including phenoxy) is 1. The molecule has 50 heavy (non-hydrogen) atoms. The summed E-state index contributed by atoms with van der Waals surface area (Å²) in [6.07, 6.45) is 0.00875. The Bertz CT molecular complexity index is 1460. The summed E-state index contributed by atoms with van der Waals surface area (Å²) < 4.78 is 60.3. The van der Waals surface area contributed by atoms with Crippen LogP contribution < -0.4 is 16.0 Å².